The number of benzene rings is 4. The molecule has 5 aromatic heterocycles. The van der Waals surface area contributed by atoms with Crippen LogP contribution >= 0.6 is 0 Å². The lowest BCUT2D eigenvalue weighted by Gasteiger charge is -2.08. The van der Waals surface area contributed by atoms with Gasteiger partial charge < -0.3 is 8.98 Å². The molecule has 0 N–H and O–H groups in total. The van der Waals surface area contributed by atoms with Crippen LogP contribution in [0.1, 0.15) is 0 Å². The molecule has 5 heterocycles. The van der Waals surface area contributed by atoms with Crippen molar-refractivity contribution >= 4 is 65.3 Å². The van der Waals surface area contributed by atoms with Crippen LogP contribution in [0.4, 0.5) is 0 Å². The number of hydrogen-bond acceptors (Lipinski definition) is 5. The van der Waals surface area contributed by atoms with Crippen molar-refractivity contribution in [3.63, 3.8) is 0 Å². The van der Waals surface area contributed by atoms with E-state index in [9.17, 15) is 9.59 Å². The number of rotatable bonds is 2. The highest BCUT2D eigenvalue weighted by atomic mass is 16.3. The Balaban J connectivity index is 1.47. The van der Waals surface area contributed by atoms with Gasteiger partial charge in [-0.25, -0.2) is 4.57 Å². The molecule has 43 heavy (non-hydrogen) atoms. The maximum atomic E-state index is 14.3. The first kappa shape index (κ1) is 23.6. The molecule has 0 atom stereocenters. The van der Waals surface area contributed by atoms with Crippen LogP contribution in [0.15, 0.2) is 136 Å². The zero-order chi connectivity index (χ0) is 28.7. The Morgan fingerprint density at radius 2 is 1.26 bits per heavy atom. The van der Waals surface area contributed by atoms with Crippen molar-refractivity contribution in [2.24, 2.45) is 0 Å². The first-order chi connectivity index (χ1) is 21.2. The third-order valence-corrected chi connectivity index (χ3v) is 8.31. The Morgan fingerprint density at radius 1 is 0.465 bits per heavy atom. The predicted octanol–water partition coefficient (Wildman–Crippen LogP) is 7.29. The lowest BCUT2D eigenvalue weighted by atomic mass is 10.0. The molecule has 0 spiro atoms. The zero-order valence-electron chi connectivity index (χ0n) is 22.6. The Bertz CT molecular complexity index is 2720. The summed E-state index contributed by atoms with van der Waals surface area (Å²) in [4.78, 5) is 36.7. The summed E-state index contributed by atoms with van der Waals surface area (Å²) < 4.78 is 9.48. The second-order valence-electron chi connectivity index (χ2n) is 10.6. The number of aromatic nitrogens is 4. The van der Waals surface area contributed by atoms with Crippen LogP contribution in [0.2, 0.25) is 0 Å². The molecular formula is C36H20N4O3. The van der Waals surface area contributed by atoms with Gasteiger partial charge in [-0.2, -0.15) is 0 Å². The number of para-hydroxylation sites is 2. The molecule has 0 aliphatic carbocycles. The molecule has 0 bridgehead atoms. The van der Waals surface area contributed by atoms with E-state index in [2.05, 4.69) is 38.8 Å². The minimum Gasteiger partial charge on any atom is -0.456 e. The summed E-state index contributed by atoms with van der Waals surface area (Å²) in [5.74, 6) is 0. The number of furan rings is 1. The highest BCUT2D eigenvalue weighted by molar-refractivity contribution is 6.17. The van der Waals surface area contributed by atoms with Crippen LogP contribution < -0.4 is 11.1 Å². The summed E-state index contributed by atoms with van der Waals surface area (Å²) in [5.41, 5.74) is 4.01. The lowest BCUT2D eigenvalue weighted by molar-refractivity contribution is 0.669. The highest BCUT2D eigenvalue weighted by Crippen LogP contribution is 2.37. The van der Waals surface area contributed by atoms with Gasteiger partial charge >= 0.3 is 0 Å². The number of hydrogen-bond donors (Lipinski definition) is 0. The van der Waals surface area contributed by atoms with Gasteiger partial charge in [-0.05, 0) is 66.0 Å². The second kappa shape index (κ2) is 8.71. The normalized spacial score (nSPS) is 11.9. The summed E-state index contributed by atoms with van der Waals surface area (Å²) in [6.07, 6.45) is 6.38. The van der Waals surface area contributed by atoms with Crippen molar-refractivity contribution in [1.82, 2.24) is 19.1 Å². The van der Waals surface area contributed by atoms with Crippen molar-refractivity contribution in [2.45, 2.75) is 0 Å². The van der Waals surface area contributed by atoms with E-state index in [0.29, 0.717) is 27.2 Å². The molecule has 0 aliphatic heterocycles. The average Bonchev–Trinajstić information content (AvgIpc) is 3.57. The largest absolute Gasteiger partial charge is 0.456 e. The molecule has 0 aliphatic rings. The van der Waals surface area contributed by atoms with Gasteiger partial charge in [0.25, 0.3) is 11.1 Å². The van der Waals surface area contributed by atoms with Gasteiger partial charge in [0.2, 0.25) is 0 Å². The topological polar surface area (TPSA) is 82.9 Å². The number of nitrogens with zero attached hydrogens (tertiary/aromatic N) is 4. The van der Waals surface area contributed by atoms with Gasteiger partial charge in [0, 0.05) is 51.2 Å². The molecule has 0 unspecified atom stereocenters. The predicted molar refractivity (Wildman–Crippen MR) is 171 cm³/mol. The SMILES string of the molecule is O=c1c2ccncc2c2cc3c4ccccc4n(-c4ccc5oc6ccccc6c5c4)c3cc2c(=O)n1-c1cccnc1. The first-order valence-corrected chi connectivity index (χ1v) is 13.9. The van der Waals surface area contributed by atoms with Gasteiger partial charge in [0.05, 0.1) is 33.7 Å². The molecule has 7 nitrogen and oxygen atoms in total. The van der Waals surface area contributed by atoms with E-state index < -0.39 is 11.1 Å². The van der Waals surface area contributed by atoms with Crippen LogP contribution in [0, 0.1) is 0 Å². The lowest BCUT2D eigenvalue weighted by Crippen LogP contribution is -2.28. The van der Waals surface area contributed by atoms with Gasteiger partial charge in [-0.15, -0.1) is 0 Å². The van der Waals surface area contributed by atoms with Crippen molar-refractivity contribution in [3.8, 4) is 11.4 Å². The Morgan fingerprint density at radius 3 is 2.14 bits per heavy atom. The summed E-state index contributed by atoms with van der Waals surface area (Å²) in [5, 5.41) is 6.16. The third-order valence-electron chi connectivity index (χ3n) is 8.31. The van der Waals surface area contributed by atoms with Crippen molar-refractivity contribution in [3.05, 3.63) is 143 Å². The summed E-state index contributed by atoms with van der Waals surface area (Å²) >= 11 is 0. The molecule has 4 aromatic carbocycles. The summed E-state index contributed by atoms with van der Waals surface area (Å²) in [6.45, 7) is 0. The van der Waals surface area contributed by atoms with Gasteiger partial charge in [0.15, 0.2) is 0 Å². The first-order valence-electron chi connectivity index (χ1n) is 13.9. The number of fused-ring (bicyclic) bond motifs is 9. The van der Waals surface area contributed by atoms with E-state index in [-0.39, 0.29) is 0 Å². The fraction of sp³-hybridized carbons (Fsp3) is 0. The fourth-order valence-corrected chi connectivity index (χ4v) is 6.40. The molecule has 0 radical (unpaired) electrons. The minimum absolute atomic E-state index is 0.408. The second-order valence-corrected chi connectivity index (χ2v) is 10.6. The van der Waals surface area contributed by atoms with E-state index in [1.54, 1.807) is 36.8 Å². The molecule has 7 heteroatoms. The quantitative estimate of drug-likeness (QED) is 0.223. The Hall–Kier alpha value is -6.08. The molecule has 0 saturated carbocycles. The third kappa shape index (κ3) is 3.30. The molecule has 0 saturated heterocycles. The van der Waals surface area contributed by atoms with Crippen LogP contribution in [0.5, 0.6) is 0 Å². The van der Waals surface area contributed by atoms with E-state index in [4.69, 9.17) is 4.42 Å². The molecule has 9 rings (SSSR count). The smallest absolute Gasteiger partial charge is 0.266 e. The Labute approximate surface area is 242 Å². The van der Waals surface area contributed by atoms with Crippen LogP contribution in [0.25, 0.3) is 76.7 Å². The van der Waals surface area contributed by atoms with E-state index in [0.717, 1.165) is 49.4 Å². The zero-order valence-corrected chi connectivity index (χ0v) is 22.6. The molecule has 0 amide bonds. The van der Waals surface area contributed by atoms with Crippen molar-refractivity contribution in [1.29, 1.82) is 0 Å². The van der Waals surface area contributed by atoms with E-state index >= 15 is 0 Å². The number of pyridine rings is 2. The van der Waals surface area contributed by atoms with Gasteiger partial charge in [-0.1, -0.05) is 36.4 Å². The molecule has 0 fully saturated rings. The maximum absolute atomic E-state index is 14.3. The van der Waals surface area contributed by atoms with Gasteiger partial charge in [-0.3, -0.25) is 19.6 Å². The molecule has 9 aromatic rings. The average molecular weight is 557 g/mol. The fourth-order valence-electron chi connectivity index (χ4n) is 6.40. The van der Waals surface area contributed by atoms with E-state index in [1.165, 1.54) is 10.8 Å². The van der Waals surface area contributed by atoms with E-state index in [1.807, 2.05) is 54.6 Å². The minimum atomic E-state index is -0.417. The summed E-state index contributed by atoms with van der Waals surface area (Å²) in [6, 6.07) is 31.4. The summed E-state index contributed by atoms with van der Waals surface area (Å²) in [7, 11) is 0. The monoisotopic (exact) mass is 556 g/mol. The van der Waals surface area contributed by atoms with Gasteiger partial charge in [0.1, 0.15) is 11.2 Å². The van der Waals surface area contributed by atoms with Crippen LogP contribution in [-0.4, -0.2) is 19.1 Å². The maximum Gasteiger partial charge on any atom is 0.266 e. The van der Waals surface area contributed by atoms with Crippen LogP contribution in [0.3, 0.4) is 0 Å². The van der Waals surface area contributed by atoms with Crippen LogP contribution in [-0.2, 0) is 0 Å². The van der Waals surface area contributed by atoms with Crippen molar-refractivity contribution in [2.75, 3.05) is 0 Å². The highest BCUT2D eigenvalue weighted by Gasteiger charge is 2.19. The Kier molecular flexibility index (Phi) is 4.78. The standard InChI is InChI=1S/C36H20N4O3/c41-35-25-13-15-38-20-30(25)26-17-27-23-7-1-3-9-31(23)39(21-11-12-34-28(16-21)24-8-2-4-10-33(24)43-34)32(27)18-29(26)36(42)40(35)22-6-5-14-37-19-22/h1-20H. The molecular weight excluding hydrogens is 536 g/mol. The molecule has 202 valence electrons. The van der Waals surface area contributed by atoms with Crippen molar-refractivity contribution < 1.29 is 4.42 Å².